The lowest BCUT2D eigenvalue weighted by atomic mass is 10.1. The van der Waals surface area contributed by atoms with Gasteiger partial charge < -0.3 is 9.88 Å². The third-order valence-corrected chi connectivity index (χ3v) is 3.48. The number of halogens is 1. The lowest BCUT2D eigenvalue weighted by molar-refractivity contribution is 0.0787. The van der Waals surface area contributed by atoms with Crippen LogP contribution in [0.3, 0.4) is 0 Å². The maximum absolute atomic E-state index is 13.2. The van der Waals surface area contributed by atoms with Gasteiger partial charge in [-0.05, 0) is 35.9 Å². The van der Waals surface area contributed by atoms with Crippen molar-refractivity contribution in [2.24, 2.45) is 0 Å². The Bertz CT molecular complexity index is 794. The number of nitrogens with zero attached hydrogens (tertiary/aromatic N) is 1. The first-order chi connectivity index (χ1) is 10.1. The van der Waals surface area contributed by atoms with Gasteiger partial charge >= 0.3 is 0 Å². The van der Waals surface area contributed by atoms with Crippen molar-refractivity contribution in [3.05, 3.63) is 71.7 Å². The first-order valence-electron chi connectivity index (χ1n) is 6.71. The Morgan fingerprint density at radius 1 is 1.19 bits per heavy atom. The monoisotopic (exact) mass is 282 g/mol. The van der Waals surface area contributed by atoms with Crippen molar-refractivity contribution in [2.45, 2.75) is 6.54 Å². The number of nitrogens with one attached hydrogen (secondary N) is 1. The van der Waals surface area contributed by atoms with Gasteiger partial charge in [-0.2, -0.15) is 0 Å². The lowest BCUT2D eigenvalue weighted by Gasteiger charge is -2.18. The minimum Gasteiger partial charge on any atom is -0.361 e. The molecule has 3 rings (SSSR count). The Morgan fingerprint density at radius 3 is 2.81 bits per heavy atom. The molecule has 0 fully saturated rings. The van der Waals surface area contributed by atoms with Crippen LogP contribution < -0.4 is 0 Å². The summed E-state index contributed by atoms with van der Waals surface area (Å²) in [4.78, 5) is 17.2. The van der Waals surface area contributed by atoms with Crippen LogP contribution in [0, 0.1) is 5.82 Å². The van der Waals surface area contributed by atoms with E-state index in [0.29, 0.717) is 12.1 Å². The molecule has 0 aliphatic heterocycles. The molecule has 0 radical (unpaired) electrons. The van der Waals surface area contributed by atoms with E-state index in [1.165, 1.54) is 12.1 Å². The molecule has 0 aliphatic rings. The maximum Gasteiger partial charge on any atom is 0.254 e. The Labute approximate surface area is 122 Å². The van der Waals surface area contributed by atoms with Gasteiger partial charge in [-0.1, -0.05) is 18.2 Å². The minimum atomic E-state index is -0.291. The highest BCUT2D eigenvalue weighted by molar-refractivity contribution is 6.06. The number of fused-ring (bicyclic) bond motifs is 1. The predicted molar refractivity (Wildman–Crippen MR) is 80.5 cm³/mol. The van der Waals surface area contributed by atoms with E-state index in [2.05, 4.69) is 4.98 Å². The summed E-state index contributed by atoms with van der Waals surface area (Å²) in [6, 6.07) is 13.8. The van der Waals surface area contributed by atoms with Crippen molar-refractivity contribution in [3.8, 4) is 0 Å². The number of rotatable bonds is 3. The Hall–Kier alpha value is -2.62. The van der Waals surface area contributed by atoms with Gasteiger partial charge in [0.05, 0.1) is 0 Å². The zero-order chi connectivity index (χ0) is 14.8. The Kier molecular flexibility index (Phi) is 3.44. The van der Waals surface area contributed by atoms with E-state index in [-0.39, 0.29) is 11.7 Å². The quantitative estimate of drug-likeness (QED) is 0.783. The molecule has 1 N–H and O–H groups in total. The Morgan fingerprint density at radius 2 is 2.00 bits per heavy atom. The van der Waals surface area contributed by atoms with E-state index >= 15 is 0 Å². The number of hydrogen-bond acceptors (Lipinski definition) is 1. The van der Waals surface area contributed by atoms with Crippen LogP contribution in [0.1, 0.15) is 15.9 Å². The van der Waals surface area contributed by atoms with E-state index < -0.39 is 0 Å². The summed E-state index contributed by atoms with van der Waals surface area (Å²) in [6.45, 7) is 0.372. The second kappa shape index (κ2) is 5.40. The molecule has 1 aromatic heterocycles. The lowest BCUT2D eigenvalue weighted by Crippen LogP contribution is -2.26. The summed E-state index contributed by atoms with van der Waals surface area (Å²) >= 11 is 0. The fraction of sp³-hybridized carbons (Fsp3) is 0.118. The fourth-order valence-corrected chi connectivity index (χ4v) is 2.46. The van der Waals surface area contributed by atoms with Crippen LogP contribution >= 0.6 is 0 Å². The van der Waals surface area contributed by atoms with Gasteiger partial charge in [-0.15, -0.1) is 0 Å². The highest BCUT2D eigenvalue weighted by Crippen LogP contribution is 2.19. The first-order valence-corrected chi connectivity index (χ1v) is 6.71. The number of H-pyrrole nitrogens is 1. The molecule has 1 heterocycles. The number of benzene rings is 2. The molecule has 0 atom stereocenters. The predicted octanol–water partition coefficient (Wildman–Crippen LogP) is 3.58. The van der Waals surface area contributed by atoms with Crippen molar-refractivity contribution in [1.29, 1.82) is 0 Å². The number of hydrogen-bond donors (Lipinski definition) is 1. The summed E-state index contributed by atoms with van der Waals surface area (Å²) in [6.07, 6.45) is 1.81. The average Bonchev–Trinajstić information content (AvgIpc) is 2.94. The van der Waals surface area contributed by atoms with Crippen molar-refractivity contribution in [2.75, 3.05) is 7.05 Å². The van der Waals surface area contributed by atoms with Crippen LogP contribution in [0.2, 0.25) is 0 Å². The number of carbonyl (C=O) groups is 1. The van der Waals surface area contributed by atoms with Gasteiger partial charge in [0.25, 0.3) is 5.91 Å². The Balaban J connectivity index is 1.86. The van der Waals surface area contributed by atoms with Crippen molar-refractivity contribution in [1.82, 2.24) is 9.88 Å². The van der Waals surface area contributed by atoms with Gasteiger partial charge in [-0.3, -0.25) is 4.79 Å². The number of carbonyl (C=O) groups excluding carboxylic acids is 1. The SMILES string of the molecule is CN(Cc1cccc(F)c1)C(=O)c1cccc2[nH]ccc12. The molecule has 2 aromatic carbocycles. The summed E-state index contributed by atoms with van der Waals surface area (Å²) < 4.78 is 13.2. The van der Waals surface area contributed by atoms with Gasteiger partial charge in [0, 0.05) is 36.3 Å². The molecule has 0 unspecified atom stereocenters. The van der Waals surface area contributed by atoms with Gasteiger partial charge in [-0.25, -0.2) is 4.39 Å². The zero-order valence-corrected chi connectivity index (χ0v) is 11.6. The third kappa shape index (κ3) is 2.65. The van der Waals surface area contributed by atoms with Crippen molar-refractivity contribution < 1.29 is 9.18 Å². The van der Waals surface area contributed by atoms with E-state index in [9.17, 15) is 9.18 Å². The van der Waals surface area contributed by atoms with Gasteiger partial charge in [0.15, 0.2) is 0 Å². The summed E-state index contributed by atoms with van der Waals surface area (Å²) in [5.41, 5.74) is 2.35. The summed E-state index contributed by atoms with van der Waals surface area (Å²) in [7, 11) is 1.72. The first kappa shape index (κ1) is 13.4. The second-order valence-corrected chi connectivity index (χ2v) is 5.04. The van der Waals surface area contributed by atoms with Crippen LogP contribution in [-0.4, -0.2) is 22.8 Å². The topological polar surface area (TPSA) is 36.1 Å². The standard InChI is InChI=1S/C17H15FN2O/c1-20(11-12-4-2-5-13(18)10-12)17(21)15-6-3-7-16-14(15)8-9-19-16/h2-10,19H,11H2,1H3. The minimum absolute atomic E-state index is 0.0792. The maximum atomic E-state index is 13.2. The fourth-order valence-electron chi connectivity index (χ4n) is 2.46. The van der Waals surface area contributed by atoms with Crippen molar-refractivity contribution in [3.63, 3.8) is 0 Å². The van der Waals surface area contributed by atoms with Crippen molar-refractivity contribution >= 4 is 16.8 Å². The molecule has 0 bridgehead atoms. The molecule has 3 aromatic rings. The molecule has 0 saturated heterocycles. The normalized spacial score (nSPS) is 10.8. The highest BCUT2D eigenvalue weighted by atomic mass is 19.1. The summed E-state index contributed by atoms with van der Waals surface area (Å²) in [5.74, 6) is -0.370. The number of aromatic nitrogens is 1. The van der Waals surface area contributed by atoms with Crippen LogP contribution in [0.5, 0.6) is 0 Å². The van der Waals surface area contributed by atoms with Crippen LogP contribution in [-0.2, 0) is 6.54 Å². The van der Waals surface area contributed by atoms with E-state index in [1.54, 1.807) is 24.1 Å². The second-order valence-electron chi connectivity index (χ2n) is 5.04. The van der Waals surface area contributed by atoms with Gasteiger partial charge in [0.1, 0.15) is 5.82 Å². The zero-order valence-electron chi connectivity index (χ0n) is 11.6. The molecule has 4 heteroatoms. The third-order valence-electron chi connectivity index (χ3n) is 3.48. The number of amides is 1. The van der Waals surface area contributed by atoms with Crippen LogP contribution in [0.15, 0.2) is 54.7 Å². The highest BCUT2D eigenvalue weighted by Gasteiger charge is 2.15. The molecular weight excluding hydrogens is 267 g/mol. The number of aromatic amines is 1. The molecule has 3 nitrogen and oxygen atoms in total. The smallest absolute Gasteiger partial charge is 0.254 e. The molecule has 21 heavy (non-hydrogen) atoms. The van der Waals surface area contributed by atoms with Gasteiger partial charge in [0.2, 0.25) is 0 Å². The molecular formula is C17H15FN2O. The van der Waals surface area contributed by atoms with Crippen LogP contribution in [0.25, 0.3) is 10.9 Å². The summed E-state index contributed by atoms with van der Waals surface area (Å²) in [5, 5.41) is 0.897. The van der Waals surface area contributed by atoms with E-state index in [0.717, 1.165) is 16.5 Å². The van der Waals surface area contributed by atoms with E-state index in [4.69, 9.17) is 0 Å². The van der Waals surface area contributed by atoms with E-state index in [1.807, 2.05) is 30.5 Å². The molecule has 0 aliphatic carbocycles. The molecule has 0 spiro atoms. The average molecular weight is 282 g/mol. The van der Waals surface area contributed by atoms with Crippen LogP contribution in [0.4, 0.5) is 4.39 Å². The molecule has 1 amide bonds. The molecule has 106 valence electrons. The largest absolute Gasteiger partial charge is 0.361 e. The molecule has 0 saturated carbocycles.